The summed E-state index contributed by atoms with van der Waals surface area (Å²) in [5.74, 6) is -3.37. The minimum Gasteiger partial charge on any atom is -0.381 e. The van der Waals surface area contributed by atoms with E-state index in [9.17, 15) is 26.7 Å². The van der Waals surface area contributed by atoms with Gasteiger partial charge in [-0.1, -0.05) is 11.6 Å². The summed E-state index contributed by atoms with van der Waals surface area (Å²) < 4.78 is 76.1. The second kappa shape index (κ2) is 9.50. The molecule has 0 unspecified atom stereocenters. The first-order valence-corrected chi connectivity index (χ1v) is 12.2. The van der Waals surface area contributed by atoms with Gasteiger partial charge < -0.3 is 14.5 Å². The molecule has 2 aliphatic rings. The number of amides is 1. The molecular weight excluding hydrogens is 493 g/mol. The van der Waals surface area contributed by atoms with Crippen LogP contribution in [0.5, 0.6) is 0 Å². The molecular formula is C24H29ClF5N3O2. The Balaban J connectivity index is 1.72. The van der Waals surface area contributed by atoms with Crippen molar-refractivity contribution in [2.75, 3.05) is 13.2 Å². The second-order valence-corrected chi connectivity index (χ2v) is 10.6. The van der Waals surface area contributed by atoms with Gasteiger partial charge in [0.2, 0.25) is 5.92 Å². The summed E-state index contributed by atoms with van der Waals surface area (Å²) in [5, 5.41) is 2.97. The Morgan fingerprint density at radius 2 is 1.83 bits per heavy atom. The van der Waals surface area contributed by atoms with Crippen LogP contribution >= 0.6 is 11.6 Å². The molecule has 3 heterocycles. The number of hydrogen-bond donors (Lipinski definition) is 1. The number of nitrogens with one attached hydrogen (secondary N) is 1. The van der Waals surface area contributed by atoms with Crippen LogP contribution in [0, 0.1) is 5.92 Å². The molecule has 1 N–H and O–H groups in total. The van der Waals surface area contributed by atoms with E-state index in [1.54, 1.807) is 0 Å². The molecule has 1 amide bonds. The van der Waals surface area contributed by atoms with E-state index in [0.29, 0.717) is 26.1 Å². The maximum atomic E-state index is 14.0. The summed E-state index contributed by atoms with van der Waals surface area (Å²) in [4.78, 5) is 17.2. The number of fused-ring (bicyclic) bond motifs is 1. The van der Waals surface area contributed by atoms with Crippen LogP contribution in [-0.2, 0) is 16.6 Å². The minimum atomic E-state index is -4.59. The lowest BCUT2D eigenvalue weighted by Crippen LogP contribution is -2.39. The average Bonchev–Trinajstić information content (AvgIpc) is 3.12. The van der Waals surface area contributed by atoms with E-state index >= 15 is 0 Å². The predicted molar refractivity (Wildman–Crippen MR) is 121 cm³/mol. The van der Waals surface area contributed by atoms with E-state index in [2.05, 4.69) is 10.3 Å². The van der Waals surface area contributed by atoms with Crippen LogP contribution < -0.4 is 5.32 Å². The Bertz CT molecular complexity index is 1080. The molecule has 0 bridgehead atoms. The van der Waals surface area contributed by atoms with Crippen molar-refractivity contribution in [3.05, 3.63) is 34.2 Å². The van der Waals surface area contributed by atoms with Crippen molar-refractivity contribution >= 4 is 23.2 Å². The number of alkyl halides is 5. The van der Waals surface area contributed by atoms with Crippen molar-refractivity contribution < 1.29 is 31.5 Å². The highest BCUT2D eigenvalue weighted by Gasteiger charge is 2.51. The van der Waals surface area contributed by atoms with Crippen molar-refractivity contribution in [3.63, 3.8) is 0 Å². The van der Waals surface area contributed by atoms with Crippen LogP contribution in [0.25, 0.3) is 5.65 Å². The van der Waals surface area contributed by atoms with Crippen LogP contribution in [0.3, 0.4) is 0 Å². The molecule has 1 saturated carbocycles. The second-order valence-electron chi connectivity index (χ2n) is 10.2. The van der Waals surface area contributed by atoms with E-state index < -0.39 is 23.4 Å². The molecule has 0 radical (unpaired) electrons. The number of aromatic nitrogens is 2. The van der Waals surface area contributed by atoms with Gasteiger partial charge in [0.05, 0.1) is 16.3 Å². The lowest BCUT2D eigenvalue weighted by Gasteiger charge is -2.30. The fourth-order valence-corrected chi connectivity index (χ4v) is 5.04. The fourth-order valence-electron chi connectivity index (χ4n) is 4.80. The van der Waals surface area contributed by atoms with Gasteiger partial charge in [-0.2, -0.15) is 13.2 Å². The van der Waals surface area contributed by atoms with E-state index in [-0.39, 0.29) is 71.7 Å². The molecule has 2 aromatic heterocycles. The van der Waals surface area contributed by atoms with E-state index in [1.807, 2.05) is 0 Å². The monoisotopic (exact) mass is 521 g/mol. The third kappa shape index (κ3) is 5.43. The average molecular weight is 522 g/mol. The van der Waals surface area contributed by atoms with Crippen molar-refractivity contribution in [2.24, 2.45) is 5.92 Å². The SMILES string of the molecule is CC(C)(c1nc2cc(C(=O)NC3CCOCC3)c(Cl)cn2c1CC1CCC(F)(F)CC1)C(F)(F)F. The molecule has 1 saturated heterocycles. The van der Waals surface area contributed by atoms with E-state index in [1.165, 1.54) is 16.7 Å². The third-order valence-electron chi connectivity index (χ3n) is 7.23. The summed E-state index contributed by atoms with van der Waals surface area (Å²) in [6.45, 7) is 3.16. The molecule has 2 fully saturated rings. The van der Waals surface area contributed by atoms with Crippen molar-refractivity contribution in [1.29, 1.82) is 0 Å². The highest BCUT2D eigenvalue weighted by molar-refractivity contribution is 6.33. The first-order valence-electron chi connectivity index (χ1n) is 11.8. The normalized spacial score (nSPS) is 20.3. The van der Waals surface area contributed by atoms with Crippen LogP contribution in [-0.4, -0.2) is 46.6 Å². The quantitative estimate of drug-likeness (QED) is 0.483. The first-order chi connectivity index (χ1) is 16.3. The largest absolute Gasteiger partial charge is 0.399 e. The van der Waals surface area contributed by atoms with E-state index in [4.69, 9.17) is 16.3 Å². The molecule has 4 rings (SSSR count). The maximum absolute atomic E-state index is 14.0. The zero-order chi connectivity index (χ0) is 25.6. The third-order valence-corrected chi connectivity index (χ3v) is 7.53. The number of hydrogen-bond acceptors (Lipinski definition) is 3. The molecule has 194 valence electrons. The first kappa shape index (κ1) is 26.1. The molecule has 35 heavy (non-hydrogen) atoms. The Kier molecular flexibility index (Phi) is 7.09. The molecule has 0 aromatic carbocycles. The summed E-state index contributed by atoms with van der Waals surface area (Å²) in [5.41, 5.74) is -1.90. The number of imidazole rings is 1. The summed E-state index contributed by atoms with van der Waals surface area (Å²) in [6.07, 6.45) is -1.86. The highest BCUT2D eigenvalue weighted by atomic mass is 35.5. The smallest absolute Gasteiger partial charge is 0.381 e. The molecule has 5 nitrogen and oxygen atoms in total. The van der Waals surface area contributed by atoms with Crippen molar-refractivity contribution in [2.45, 2.75) is 82.3 Å². The molecule has 1 aliphatic heterocycles. The van der Waals surface area contributed by atoms with Gasteiger partial charge in [-0.05, 0) is 57.9 Å². The molecule has 0 spiro atoms. The number of carbonyl (C=O) groups is 1. The van der Waals surface area contributed by atoms with Crippen molar-refractivity contribution in [3.8, 4) is 0 Å². The Morgan fingerprint density at radius 3 is 2.43 bits per heavy atom. The number of halogens is 6. The minimum absolute atomic E-state index is 0.0762. The van der Waals surface area contributed by atoms with Crippen LogP contribution in [0.1, 0.15) is 74.1 Å². The summed E-state index contributed by atoms with van der Waals surface area (Å²) >= 11 is 6.43. The number of rotatable bonds is 5. The number of nitrogens with zero attached hydrogens (tertiary/aromatic N) is 2. The maximum Gasteiger partial charge on any atom is 0.399 e. The predicted octanol–water partition coefficient (Wildman–Crippen LogP) is 6.10. The van der Waals surface area contributed by atoms with Crippen LogP contribution in [0.2, 0.25) is 5.02 Å². The lowest BCUT2D eigenvalue weighted by molar-refractivity contribution is -0.181. The number of ether oxygens (including phenoxy) is 1. The van der Waals surface area contributed by atoms with Crippen LogP contribution in [0.4, 0.5) is 22.0 Å². The zero-order valence-corrected chi connectivity index (χ0v) is 20.4. The van der Waals surface area contributed by atoms with Crippen LogP contribution in [0.15, 0.2) is 12.3 Å². The standard InChI is InChI=1S/C24H29ClF5N3O2/c1-22(2,24(28,29)30)20-18(11-14-3-7-23(26,27)8-4-14)33-13-17(25)16(12-19(33)32-20)21(34)31-15-5-9-35-10-6-15/h12-15H,3-11H2,1-2H3,(H,31,34). The topological polar surface area (TPSA) is 55.6 Å². The fraction of sp³-hybridized carbons (Fsp3) is 0.667. The van der Waals surface area contributed by atoms with Gasteiger partial charge >= 0.3 is 6.18 Å². The van der Waals surface area contributed by atoms with Gasteiger partial charge in [0.15, 0.2) is 0 Å². The Morgan fingerprint density at radius 1 is 1.20 bits per heavy atom. The zero-order valence-electron chi connectivity index (χ0n) is 19.7. The van der Waals surface area contributed by atoms with Gasteiger partial charge in [-0.3, -0.25) is 4.79 Å². The van der Waals surface area contributed by atoms with Gasteiger partial charge in [-0.25, -0.2) is 13.8 Å². The Labute approximate surface area is 205 Å². The molecule has 0 atom stereocenters. The highest BCUT2D eigenvalue weighted by Crippen LogP contribution is 2.44. The number of carbonyl (C=O) groups excluding carboxylic acids is 1. The Hall–Kier alpha value is -1.94. The van der Waals surface area contributed by atoms with Gasteiger partial charge in [0.25, 0.3) is 5.91 Å². The van der Waals surface area contributed by atoms with Crippen molar-refractivity contribution in [1.82, 2.24) is 14.7 Å². The van der Waals surface area contributed by atoms with Gasteiger partial charge in [0.1, 0.15) is 11.1 Å². The van der Waals surface area contributed by atoms with Gasteiger partial charge in [0, 0.05) is 44.0 Å². The lowest BCUT2D eigenvalue weighted by atomic mass is 9.81. The molecule has 11 heteroatoms. The summed E-state index contributed by atoms with van der Waals surface area (Å²) in [6, 6.07) is 1.31. The molecule has 2 aromatic rings. The summed E-state index contributed by atoms with van der Waals surface area (Å²) in [7, 11) is 0. The van der Waals surface area contributed by atoms with Gasteiger partial charge in [-0.15, -0.1) is 0 Å². The molecule has 1 aliphatic carbocycles. The number of pyridine rings is 1. The van der Waals surface area contributed by atoms with E-state index in [0.717, 1.165) is 13.8 Å².